The van der Waals surface area contributed by atoms with Crippen LogP contribution in [0.1, 0.15) is 24.9 Å². The van der Waals surface area contributed by atoms with Crippen molar-refractivity contribution in [3.63, 3.8) is 0 Å². The fraction of sp³-hybridized carbons (Fsp3) is 0.571. The maximum Gasteiger partial charge on any atom is 0.0615 e. The van der Waals surface area contributed by atoms with Crippen molar-refractivity contribution in [2.75, 3.05) is 27.3 Å². The summed E-state index contributed by atoms with van der Waals surface area (Å²) < 4.78 is 6.23. The van der Waals surface area contributed by atoms with Crippen LogP contribution in [0.25, 0.3) is 0 Å². The number of nitrogens with two attached hydrogens (primary N) is 1. The molecule has 0 radical (unpaired) electrons. The molecule has 2 unspecified atom stereocenters. The van der Waals surface area contributed by atoms with E-state index in [1.54, 1.807) is 7.11 Å². The van der Waals surface area contributed by atoms with E-state index >= 15 is 0 Å². The van der Waals surface area contributed by atoms with Crippen molar-refractivity contribution in [3.05, 3.63) is 34.3 Å². The molecule has 0 heterocycles. The lowest BCUT2D eigenvalue weighted by Crippen LogP contribution is -2.34. The smallest absolute Gasteiger partial charge is 0.0615 e. The van der Waals surface area contributed by atoms with Crippen LogP contribution in [0.5, 0.6) is 0 Å². The topological polar surface area (TPSA) is 38.5 Å². The van der Waals surface area contributed by atoms with Gasteiger partial charge in [-0.05, 0) is 38.1 Å². The van der Waals surface area contributed by atoms with Crippen LogP contribution in [0.15, 0.2) is 28.7 Å². The maximum absolute atomic E-state index is 6.21. The third-order valence-corrected chi connectivity index (χ3v) is 3.72. The normalized spacial score (nSPS) is 14.8. The zero-order chi connectivity index (χ0) is 13.5. The Bertz CT molecular complexity index is 359. The average molecular weight is 315 g/mol. The Labute approximate surface area is 118 Å². The van der Waals surface area contributed by atoms with Crippen LogP contribution in [0.3, 0.4) is 0 Å². The molecule has 1 rings (SSSR count). The summed E-state index contributed by atoms with van der Waals surface area (Å²) in [5, 5.41) is 0. The zero-order valence-corrected chi connectivity index (χ0v) is 13.0. The summed E-state index contributed by atoms with van der Waals surface area (Å²) in [4.78, 5) is 2.28. The molecular weight excluding hydrogens is 292 g/mol. The van der Waals surface area contributed by atoms with E-state index in [1.807, 2.05) is 12.1 Å². The first kappa shape index (κ1) is 15.6. The molecule has 0 saturated carbocycles. The fourth-order valence-electron chi connectivity index (χ4n) is 1.84. The van der Waals surface area contributed by atoms with Gasteiger partial charge in [0, 0.05) is 30.2 Å². The Morgan fingerprint density at radius 1 is 1.44 bits per heavy atom. The zero-order valence-electron chi connectivity index (χ0n) is 11.4. The van der Waals surface area contributed by atoms with Gasteiger partial charge in [-0.1, -0.05) is 28.1 Å². The summed E-state index contributed by atoms with van der Waals surface area (Å²) in [6.07, 6.45) is 0.945. The Morgan fingerprint density at radius 2 is 2.17 bits per heavy atom. The molecule has 1 aromatic carbocycles. The van der Waals surface area contributed by atoms with E-state index in [-0.39, 0.29) is 6.04 Å². The van der Waals surface area contributed by atoms with Crippen LogP contribution in [0, 0.1) is 0 Å². The lowest BCUT2D eigenvalue weighted by Gasteiger charge is -2.25. The van der Waals surface area contributed by atoms with Crippen LogP contribution >= 0.6 is 15.9 Å². The van der Waals surface area contributed by atoms with Gasteiger partial charge in [0.05, 0.1) is 6.61 Å². The molecule has 0 spiro atoms. The maximum atomic E-state index is 6.21. The highest BCUT2D eigenvalue weighted by atomic mass is 79.9. The second-order valence-corrected chi connectivity index (χ2v) is 5.65. The number of benzene rings is 1. The van der Waals surface area contributed by atoms with E-state index in [2.05, 4.69) is 46.9 Å². The van der Waals surface area contributed by atoms with Crippen molar-refractivity contribution in [2.45, 2.75) is 25.4 Å². The van der Waals surface area contributed by atoms with Gasteiger partial charge in [-0.15, -0.1) is 0 Å². The van der Waals surface area contributed by atoms with E-state index in [0.717, 1.165) is 24.0 Å². The molecule has 4 heteroatoms. The van der Waals surface area contributed by atoms with Gasteiger partial charge in [0.2, 0.25) is 0 Å². The van der Waals surface area contributed by atoms with E-state index < -0.39 is 0 Å². The molecule has 0 aliphatic carbocycles. The monoisotopic (exact) mass is 314 g/mol. The number of methoxy groups -OCH3 is 1. The van der Waals surface area contributed by atoms with Crippen LogP contribution in [0.4, 0.5) is 0 Å². The quantitative estimate of drug-likeness (QED) is 0.841. The predicted molar refractivity (Wildman–Crippen MR) is 79.7 cm³/mol. The molecule has 0 fully saturated rings. The minimum Gasteiger partial charge on any atom is -0.383 e. The van der Waals surface area contributed by atoms with E-state index in [9.17, 15) is 0 Å². The molecule has 102 valence electrons. The molecule has 2 atom stereocenters. The van der Waals surface area contributed by atoms with Gasteiger partial charge in [0.15, 0.2) is 0 Å². The lowest BCUT2D eigenvalue weighted by molar-refractivity contribution is 0.114. The predicted octanol–water partition coefficient (Wildman–Crippen LogP) is 2.81. The van der Waals surface area contributed by atoms with Gasteiger partial charge in [-0.2, -0.15) is 0 Å². The number of ether oxygens (including phenoxy) is 1. The molecule has 0 aliphatic rings. The molecule has 0 bridgehead atoms. The molecule has 1 aromatic rings. The highest BCUT2D eigenvalue weighted by Gasteiger charge is 2.12. The lowest BCUT2D eigenvalue weighted by atomic mass is 10.0. The van der Waals surface area contributed by atoms with Gasteiger partial charge >= 0.3 is 0 Å². The summed E-state index contributed by atoms with van der Waals surface area (Å²) >= 11 is 3.47. The fourth-order valence-corrected chi connectivity index (χ4v) is 2.25. The number of likely N-dealkylation sites (N-methyl/N-ethyl adjacent to an activating group) is 1. The number of halogens is 1. The molecule has 0 saturated heterocycles. The first-order chi connectivity index (χ1) is 8.54. The van der Waals surface area contributed by atoms with Crippen molar-refractivity contribution < 1.29 is 4.74 Å². The van der Waals surface area contributed by atoms with Crippen molar-refractivity contribution in [3.8, 4) is 0 Å². The van der Waals surface area contributed by atoms with Crippen LogP contribution < -0.4 is 5.73 Å². The van der Waals surface area contributed by atoms with E-state index in [4.69, 9.17) is 10.5 Å². The van der Waals surface area contributed by atoms with E-state index in [1.165, 1.54) is 5.56 Å². The number of nitrogens with zero attached hydrogens (tertiary/aromatic N) is 1. The second kappa shape index (κ2) is 7.89. The van der Waals surface area contributed by atoms with Crippen LogP contribution in [-0.2, 0) is 4.74 Å². The van der Waals surface area contributed by atoms with Crippen molar-refractivity contribution in [2.24, 2.45) is 5.73 Å². The molecular formula is C14H23BrN2O. The minimum atomic E-state index is 0.0831. The first-order valence-corrected chi connectivity index (χ1v) is 7.04. The third-order valence-electron chi connectivity index (χ3n) is 3.23. The molecule has 0 aliphatic heterocycles. The molecule has 0 amide bonds. The summed E-state index contributed by atoms with van der Waals surface area (Å²) in [7, 11) is 3.84. The van der Waals surface area contributed by atoms with Crippen LogP contribution in [0.2, 0.25) is 0 Å². The van der Waals surface area contributed by atoms with Crippen molar-refractivity contribution in [1.29, 1.82) is 0 Å². The Balaban J connectivity index is 2.43. The standard InChI is InChI=1S/C14H23BrN2O/c1-11(10-18-3)17(2)8-7-14(16)12-5-4-6-13(15)9-12/h4-6,9,11,14H,7-8,10,16H2,1-3H3. The largest absolute Gasteiger partial charge is 0.383 e. The van der Waals surface area contributed by atoms with Gasteiger partial charge in [-0.3, -0.25) is 0 Å². The van der Waals surface area contributed by atoms with Gasteiger partial charge < -0.3 is 15.4 Å². The number of hydrogen-bond acceptors (Lipinski definition) is 3. The molecule has 3 nitrogen and oxygen atoms in total. The van der Waals surface area contributed by atoms with E-state index in [0.29, 0.717) is 6.04 Å². The number of rotatable bonds is 7. The molecule has 0 aromatic heterocycles. The summed E-state index contributed by atoms with van der Waals surface area (Å²) in [6.45, 7) is 3.88. The SMILES string of the molecule is COCC(C)N(C)CCC(N)c1cccc(Br)c1. The second-order valence-electron chi connectivity index (χ2n) is 4.74. The summed E-state index contributed by atoms with van der Waals surface area (Å²) in [5.41, 5.74) is 7.39. The van der Waals surface area contributed by atoms with Gasteiger partial charge in [-0.25, -0.2) is 0 Å². The molecule has 18 heavy (non-hydrogen) atoms. The highest BCUT2D eigenvalue weighted by molar-refractivity contribution is 9.10. The Morgan fingerprint density at radius 3 is 2.78 bits per heavy atom. The number of hydrogen-bond donors (Lipinski definition) is 1. The van der Waals surface area contributed by atoms with Gasteiger partial charge in [0.25, 0.3) is 0 Å². The Kier molecular flexibility index (Phi) is 6.86. The summed E-state index contributed by atoms with van der Waals surface area (Å²) in [5.74, 6) is 0. The first-order valence-electron chi connectivity index (χ1n) is 6.24. The third kappa shape index (κ3) is 5.06. The Hall–Kier alpha value is -0.420. The van der Waals surface area contributed by atoms with Gasteiger partial charge in [0.1, 0.15) is 0 Å². The average Bonchev–Trinajstić information content (AvgIpc) is 2.35. The summed E-state index contributed by atoms with van der Waals surface area (Å²) in [6, 6.07) is 8.71. The van der Waals surface area contributed by atoms with Crippen molar-refractivity contribution >= 4 is 15.9 Å². The molecule has 2 N–H and O–H groups in total. The van der Waals surface area contributed by atoms with Crippen molar-refractivity contribution in [1.82, 2.24) is 4.90 Å². The highest BCUT2D eigenvalue weighted by Crippen LogP contribution is 2.19. The minimum absolute atomic E-state index is 0.0831. The van der Waals surface area contributed by atoms with Crippen LogP contribution in [-0.4, -0.2) is 38.3 Å².